The molecule has 3 nitrogen and oxygen atoms in total. The van der Waals surface area contributed by atoms with Gasteiger partial charge in [0.2, 0.25) is 0 Å². The van der Waals surface area contributed by atoms with Gasteiger partial charge in [-0.3, -0.25) is 0 Å². The molecule has 1 unspecified atom stereocenters. The Morgan fingerprint density at radius 1 is 1.33 bits per heavy atom. The zero-order valence-corrected chi connectivity index (χ0v) is 15.6. The summed E-state index contributed by atoms with van der Waals surface area (Å²) in [6.07, 6.45) is 1.53. The summed E-state index contributed by atoms with van der Waals surface area (Å²) >= 11 is 6.09. The third-order valence-corrected chi connectivity index (χ3v) is 5.36. The number of furan rings is 1. The average molecular weight is 393 g/mol. The minimum Gasteiger partial charge on any atom is -0.485 e. The Morgan fingerprint density at radius 2 is 2.19 bits per heavy atom. The molecule has 27 heavy (non-hydrogen) atoms. The summed E-state index contributed by atoms with van der Waals surface area (Å²) in [6.45, 7) is 2.65. The summed E-state index contributed by atoms with van der Waals surface area (Å²) in [5.74, 6) is -0.115. The second-order valence-electron chi connectivity index (χ2n) is 6.92. The quantitative estimate of drug-likeness (QED) is 0.609. The molecule has 0 bridgehead atoms. The average Bonchev–Trinajstić information content (AvgIpc) is 3.07. The topological polar surface area (TPSA) is 34.4 Å². The van der Waals surface area contributed by atoms with E-state index in [9.17, 15) is 8.78 Å². The second kappa shape index (κ2) is 7.49. The van der Waals surface area contributed by atoms with Crippen LogP contribution in [0.1, 0.15) is 36.8 Å². The van der Waals surface area contributed by atoms with E-state index in [0.29, 0.717) is 28.1 Å². The van der Waals surface area contributed by atoms with E-state index in [1.165, 1.54) is 12.1 Å². The molecule has 1 N–H and O–H groups in total. The van der Waals surface area contributed by atoms with Crippen molar-refractivity contribution in [2.75, 3.05) is 6.54 Å². The second-order valence-corrected chi connectivity index (χ2v) is 7.33. The van der Waals surface area contributed by atoms with Gasteiger partial charge < -0.3 is 14.5 Å². The lowest BCUT2D eigenvalue weighted by Gasteiger charge is -2.29. The number of halogens is 3. The van der Waals surface area contributed by atoms with Crippen LogP contribution in [0.5, 0.6) is 5.75 Å². The van der Waals surface area contributed by atoms with Crippen LogP contribution in [-0.4, -0.2) is 12.6 Å². The molecule has 1 saturated heterocycles. The van der Waals surface area contributed by atoms with E-state index in [2.05, 4.69) is 0 Å². The highest BCUT2D eigenvalue weighted by Crippen LogP contribution is 2.37. The molecule has 2 heterocycles. The number of piperidine rings is 1. The molecule has 2 atom stereocenters. The van der Waals surface area contributed by atoms with Gasteiger partial charge in [0, 0.05) is 28.6 Å². The van der Waals surface area contributed by atoms with E-state index in [1.807, 2.05) is 13.0 Å². The summed E-state index contributed by atoms with van der Waals surface area (Å²) in [5.41, 5.74) is 1.70. The van der Waals surface area contributed by atoms with Crippen LogP contribution in [-0.2, 0) is 6.61 Å². The van der Waals surface area contributed by atoms with Crippen molar-refractivity contribution in [2.45, 2.75) is 38.3 Å². The first kappa shape index (κ1) is 17.0. The lowest BCUT2D eigenvalue weighted by molar-refractivity contribution is 0.278. The molecule has 6 heteroatoms. The van der Waals surface area contributed by atoms with Crippen molar-refractivity contribution in [1.82, 2.24) is 5.31 Å². The van der Waals surface area contributed by atoms with E-state index >= 15 is 0 Å². The van der Waals surface area contributed by atoms with Gasteiger partial charge in [-0.1, -0.05) is 29.8 Å². The molecule has 0 saturated carbocycles. The zero-order valence-electron chi connectivity index (χ0n) is 15.8. The number of rotatable bonds is 4. The highest BCUT2D eigenvalue weighted by molar-refractivity contribution is 6.35. The van der Waals surface area contributed by atoms with E-state index in [1.54, 1.807) is 23.5 Å². The number of benzene rings is 2. The van der Waals surface area contributed by atoms with Crippen LogP contribution in [0.25, 0.3) is 11.0 Å². The molecule has 3 aromatic rings. The van der Waals surface area contributed by atoms with Crippen molar-refractivity contribution in [1.29, 1.82) is 0 Å². The zero-order chi connectivity index (χ0) is 19.8. The number of fused-ring (bicyclic) bond motifs is 1. The SMILES string of the molecule is [2H]N1CCC(c2cccc(F)c2OCc2ccc(Cl)c3cc(F)oc23)C[C@@H]1C. The highest BCUT2D eigenvalue weighted by atomic mass is 35.5. The Morgan fingerprint density at radius 3 is 3.00 bits per heavy atom. The Bertz CT molecular complexity index is 1010. The van der Waals surface area contributed by atoms with Crippen molar-refractivity contribution < 1.29 is 19.3 Å². The molecule has 0 radical (unpaired) electrons. The lowest BCUT2D eigenvalue weighted by Crippen LogP contribution is -2.35. The molecular formula is C21H20ClF2NO2. The molecule has 1 fully saturated rings. The number of para-hydroxylation sites is 1. The first-order valence-corrected chi connectivity index (χ1v) is 9.35. The molecule has 2 aromatic carbocycles. The largest absolute Gasteiger partial charge is 0.485 e. The summed E-state index contributed by atoms with van der Waals surface area (Å²) in [6, 6.07) is 8.85. The van der Waals surface area contributed by atoms with E-state index < -0.39 is 11.8 Å². The van der Waals surface area contributed by atoms with Gasteiger partial charge in [-0.05, 0) is 44.4 Å². The standard InChI is InChI=1S/C21H20ClF2NO2/c1-12-9-13(7-8-25-12)15-3-2-4-18(23)21(15)26-11-14-5-6-17(22)16-10-19(24)27-20(14)16/h2-6,10,12-13,25H,7-9,11H2,1H3/t12-,13?/m0/s1/i/hD. The monoisotopic (exact) mass is 392 g/mol. The van der Waals surface area contributed by atoms with Gasteiger partial charge in [-0.2, -0.15) is 4.39 Å². The fourth-order valence-electron chi connectivity index (χ4n) is 3.72. The van der Waals surface area contributed by atoms with Crippen LogP contribution < -0.4 is 10.0 Å². The van der Waals surface area contributed by atoms with Crippen molar-refractivity contribution in [3.8, 4) is 5.75 Å². The normalized spacial score (nSPS) is 21.4. The van der Waals surface area contributed by atoms with E-state index in [0.717, 1.165) is 18.4 Å². The van der Waals surface area contributed by atoms with E-state index in [-0.39, 0.29) is 24.3 Å². The van der Waals surface area contributed by atoms with Crippen LogP contribution in [0, 0.1) is 11.8 Å². The van der Waals surface area contributed by atoms with Gasteiger partial charge in [0.25, 0.3) is 6.01 Å². The first-order valence-electron chi connectivity index (χ1n) is 9.42. The predicted octanol–water partition coefficient (Wildman–Crippen LogP) is 5.80. The first-order chi connectivity index (χ1) is 13.4. The Hall–Kier alpha value is -2.11. The molecule has 142 valence electrons. The maximum Gasteiger partial charge on any atom is 0.278 e. The third kappa shape index (κ3) is 3.66. The van der Waals surface area contributed by atoms with Gasteiger partial charge in [0.15, 0.2) is 11.6 Å². The van der Waals surface area contributed by atoms with Crippen LogP contribution in [0.3, 0.4) is 0 Å². The Labute approximate surface area is 162 Å². The van der Waals surface area contributed by atoms with Crippen LogP contribution in [0.4, 0.5) is 8.78 Å². The molecule has 0 aliphatic carbocycles. The molecule has 1 aliphatic heterocycles. The summed E-state index contributed by atoms with van der Waals surface area (Å²) in [5, 5.41) is 2.41. The Balaban J connectivity index is 1.62. The van der Waals surface area contributed by atoms with Crippen molar-refractivity contribution in [3.05, 3.63) is 64.4 Å². The molecule has 1 aromatic heterocycles. The number of nitrogens with one attached hydrogen (secondary N) is 1. The number of hydrogen-bond acceptors (Lipinski definition) is 3. The predicted molar refractivity (Wildman–Crippen MR) is 101 cm³/mol. The van der Waals surface area contributed by atoms with Gasteiger partial charge in [0.05, 0.1) is 5.02 Å². The minimum absolute atomic E-state index is 0.0292. The van der Waals surface area contributed by atoms with Gasteiger partial charge >= 0.3 is 0 Å². The smallest absolute Gasteiger partial charge is 0.278 e. The number of hydrogen-bond donors (Lipinski definition) is 1. The maximum atomic E-state index is 14.6. The summed E-state index contributed by atoms with van der Waals surface area (Å²) < 4.78 is 47.0. The fourth-order valence-corrected chi connectivity index (χ4v) is 3.92. The summed E-state index contributed by atoms with van der Waals surface area (Å²) in [7, 11) is 0. The minimum atomic E-state index is -0.730. The molecule has 4 rings (SSSR count). The molecule has 0 amide bonds. The van der Waals surface area contributed by atoms with Gasteiger partial charge in [-0.15, -0.1) is 0 Å². The van der Waals surface area contributed by atoms with Crippen molar-refractivity contribution in [3.63, 3.8) is 0 Å². The Kier molecular flexibility index (Phi) is 4.72. The van der Waals surface area contributed by atoms with E-state index in [4.69, 9.17) is 22.2 Å². The lowest BCUT2D eigenvalue weighted by atomic mass is 9.86. The van der Waals surface area contributed by atoms with Crippen LogP contribution >= 0.6 is 11.6 Å². The molecule has 0 spiro atoms. The molecular weight excluding hydrogens is 372 g/mol. The molecule has 1 aliphatic rings. The van der Waals surface area contributed by atoms with Gasteiger partial charge in [-0.25, -0.2) is 4.39 Å². The number of ether oxygens (including phenoxy) is 1. The highest BCUT2D eigenvalue weighted by Gasteiger charge is 2.24. The van der Waals surface area contributed by atoms with Gasteiger partial charge in [0.1, 0.15) is 13.6 Å². The van der Waals surface area contributed by atoms with Crippen LogP contribution in [0.2, 0.25) is 6.43 Å². The third-order valence-electron chi connectivity index (χ3n) is 5.04. The van der Waals surface area contributed by atoms with Crippen molar-refractivity contribution >= 4 is 22.6 Å². The maximum absolute atomic E-state index is 14.6. The van der Waals surface area contributed by atoms with Crippen molar-refractivity contribution in [2.24, 2.45) is 0 Å². The van der Waals surface area contributed by atoms with Crippen LogP contribution in [0.15, 0.2) is 40.8 Å². The summed E-state index contributed by atoms with van der Waals surface area (Å²) in [4.78, 5) is 0. The fraction of sp³-hybridized carbons (Fsp3) is 0.333.